The minimum Gasteiger partial charge on any atom is -0.385 e. The van der Waals surface area contributed by atoms with Gasteiger partial charge in [-0.05, 0) is 51.9 Å². The second-order valence-corrected chi connectivity index (χ2v) is 7.56. The minimum absolute atomic E-state index is 0.190. The summed E-state index contributed by atoms with van der Waals surface area (Å²) in [5.74, 6) is 0.755. The Morgan fingerprint density at radius 1 is 0.913 bits per heavy atom. The van der Waals surface area contributed by atoms with Crippen molar-refractivity contribution in [1.29, 1.82) is 0 Å². The van der Waals surface area contributed by atoms with Gasteiger partial charge in [0.2, 0.25) is 5.91 Å². The van der Waals surface area contributed by atoms with Gasteiger partial charge in [0.05, 0.1) is 0 Å². The van der Waals surface area contributed by atoms with E-state index in [4.69, 9.17) is 0 Å². The highest BCUT2D eigenvalue weighted by Gasteiger charge is 2.29. The molecule has 0 aromatic carbocycles. The Hall–Kier alpha value is -1.32. The molecule has 0 saturated heterocycles. The van der Waals surface area contributed by atoms with Crippen LogP contribution in [0.1, 0.15) is 77.6 Å². The van der Waals surface area contributed by atoms with Crippen molar-refractivity contribution in [2.45, 2.75) is 89.6 Å². The Bertz CT molecular complexity index is 484. The summed E-state index contributed by atoms with van der Waals surface area (Å²) in [5.41, 5.74) is 2.06. The van der Waals surface area contributed by atoms with Gasteiger partial charge in [0.25, 0.3) is 0 Å². The first-order valence-electron chi connectivity index (χ1n) is 9.43. The fraction of sp³-hybridized carbons (Fsp3) is 0.789. The molecule has 1 amide bonds. The third kappa shape index (κ3) is 4.15. The molecule has 0 heterocycles. The van der Waals surface area contributed by atoms with Crippen molar-refractivity contribution in [3.05, 3.63) is 11.3 Å². The SMILES string of the molecule is CC1=C(N[C@H]2CC[C@H](C(=O)NC3CCCCC3)CC2)CCC1=O. The lowest BCUT2D eigenvalue weighted by atomic mass is 9.84. The number of ketones is 1. The van der Waals surface area contributed by atoms with Crippen molar-refractivity contribution in [3.63, 3.8) is 0 Å². The van der Waals surface area contributed by atoms with Crippen molar-refractivity contribution in [2.24, 2.45) is 5.92 Å². The summed E-state index contributed by atoms with van der Waals surface area (Å²) in [5, 5.41) is 6.84. The zero-order chi connectivity index (χ0) is 16.2. The summed E-state index contributed by atoms with van der Waals surface area (Å²) in [6.07, 6.45) is 11.7. The van der Waals surface area contributed by atoms with Crippen LogP contribution < -0.4 is 10.6 Å². The van der Waals surface area contributed by atoms with Gasteiger partial charge < -0.3 is 10.6 Å². The first kappa shape index (κ1) is 16.5. The molecule has 0 atom stereocenters. The van der Waals surface area contributed by atoms with Crippen LogP contribution in [0.2, 0.25) is 0 Å². The molecule has 0 bridgehead atoms. The highest BCUT2D eigenvalue weighted by molar-refractivity contribution is 5.97. The van der Waals surface area contributed by atoms with E-state index in [1.54, 1.807) is 0 Å². The van der Waals surface area contributed by atoms with Crippen LogP contribution in [-0.4, -0.2) is 23.8 Å². The summed E-state index contributed by atoms with van der Waals surface area (Å²) in [6.45, 7) is 1.93. The molecule has 0 aliphatic heterocycles. The smallest absolute Gasteiger partial charge is 0.223 e. The number of Topliss-reactive ketones (excluding diaryl/α,β-unsaturated/α-hetero) is 1. The van der Waals surface area contributed by atoms with Crippen LogP contribution in [0.3, 0.4) is 0 Å². The Balaban J connectivity index is 1.43. The lowest BCUT2D eigenvalue weighted by Crippen LogP contribution is -2.42. The molecule has 0 aromatic heterocycles. The molecule has 0 spiro atoms. The maximum absolute atomic E-state index is 12.4. The number of hydrogen-bond acceptors (Lipinski definition) is 3. The Morgan fingerprint density at radius 2 is 1.61 bits per heavy atom. The normalized spacial score (nSPS) is 29.7. The molecule has 2 fully saturated rings. The van der Waals surface area contributed by atoms with Gasteiger partial charge in [0.1, 0.15) is 0 Å². The van der Waals surface area contributed by atoms with Crippen LogP contribution in [-0.2, 0) is 9.59 Å². The first-order valence-corrected chi connectivity index (χ1v) is 9.43. The molecule has 0 radical (unpaired) electrons. The highest BCUT2D eigenvalue weighted by atomic mass is 16.2. The van der Waals surface area contributed by atoms with Gasteiger partial charge in [0.15, 0.2) is 5.78 Å². The quantitative estimate of drug-likeness (QED) is 0.837. The van der Waals surface area contributed by atoms with E-state index in [0.717, 1.165) is 56.2 Å². The third-order valence-corrected chi connectivity index (χ3v) is 5.90. The third-order valence-electron chi connectivity index (χ3n) is 5.90. The molecule has 0 unspecified atom stereocenters. The fourth-order valence-electron chi connectivity index (χ4n) is 4.27. The first-order chi connectivity index (χ1) is 11.1. The van der Waals surface area contributed by atoms with Gasteiger partial charge in [-0.2, -0.15) is 0 Å². The van der Waals surface area contributed by atoms with Crippen LogP contribution in [0, 0.1) is 5.92 Å². The maximum Gasteiger partial charge on any atom is 0.223 e. The van der Waals surface area contributed by atoms with Crippen molar-refractivity contribution in [3.8, 4) is 0 Å². The van der Waals surface area contributed by atoms with Crippen molar-refractivity contribution in [1.82, 2.24) is 10.6 Å². The largest absolute Gasteiger partial charge is 0.385 e. The molecule has 2 saturated carbocycles. The molecular formula is C19H30N2O2. The van der Waals surface area contributed by atoms with Gasteiger partial charge in [-0.15, -0.1) is 0 Å². The Kier molecular flexibility index (Phi) is 5.39. The summed E-state index contributed by atoms with van der Waals surface area (Å²) in [4.78, 5) is 24.0. The number of carbonyl (C=O) groups excluding carboxylic acids is 2. The van der Waals surface area contributed by atoms with Gasteiger partial charge in [0, 0.05) is 35.7 Å². The highest BCUT2D eigenvalue weighted by Crippen LogP contribution is 2.28. The summed E-state index contributed by atoms with van der Waals surface area (Å²) < 4.78 is 0. The van der Waals surface area contributed by atoms with E-state index in [1.165, 1.54) is 19.3 Å². The van der Waals surface area contributed by atoms with Crippen molar-refractivity contribution in [2.75, 3.05) is 0 Å². The Morgan fingerprint density at radius 3 is 2.22 bits per heavy atom. The van der Waals surface area contributed by atoms with E-state index in [1.807, 2.05) is 6.92 Å². The number of allylic oxidation sites excluding steroid dienone is 2. The molecular weight excluding hydrogens is 288 g/mol. The van der Waals surface area contributed by atoms with E-state index < -0.39 is 0 Å². The predicted molar refractivity (Wildman–Crippen MR) is 90.8 cm³/mol. The van der Waals surface area contributed by atoms with E-state index in [-0.39, 0.29) is 17.6 Å². The van der Waals surface area contributed by atoms with E-state index in [9.17, 15) is 9.59 Å². The second-order valence-electron chi connectivity index (χ2n) is 7.56. The van der Waals surface area contributed by atoms with Gasteiger partial charge >= 0.3 is 0 Å². The van der Waals surface area contributed by atoms with Gasteiger partial charge in [-0.3, -0.25) is 9.59 Å². The Labute approximate surface area is 139 Å². The molecule has 3 aliphatic rings. The molecule has 0 aromatic rings. The summed E-state index contributed by atoms with van der Waals surface area (Å²) >= 11 is 0. The number of amides is 1. The standard InChI is InChI=1S/C19H30N2O2/c1-13-17(11-12-18(13)22)20-16-9-7-14(8-10-16)19(23)21-15-5-3-2-4-6-15/h14-16,20H,2-12H2,1H3,(H,21,23)/t14-,16-. The van der Waals surface area contributed by atoms with Crippen LogP contribution in [0.25, 0.3) is 0 Å². The van der Waals surface area contributed by atoms with Crippen LogP contribution >= 0.6 is 0 Å². The van der Waals surface area contributed by atoms with Gasteiger partial charge in [-0.1, -0.05) is 19.3 Å². The molecule has 3 aliphatic carbocycles. The maximum atomic E-state index is 12.4. The molecule has 2 N–H and O–H groups in total. The average Bonchev–Trinajstić information content (AvgIpc) is 2.88. The van der Waals surface area contributed by atoms with Crippen LogP contribution in [0.5, 0.6) is 0 Å². The van der Waals surface area contributed by atoms with Crippen molar-refractivity contribution < 1.29 is 9.59 Å². The van der Waals surface area contributed by atoms with Crippen LogP contribution in [0.4, 0.5) is 0 Å². The van der Waals surface area contributed by atoms with E-state index in [2.05, 4.69) is 10.6 Å². The molecule has 23 heavy (non-hydrogen) atoms. The second kappa shape index (κ2) is 7.50. The number of nitrogens with one attached hydrogen (secondary N) is 2. The molecule has 4 nitrogen and oxygen atoms in total. The van der Waals surface area contributed by atoms with Crippen molar-refractivity contribution >= 4 is 11.7 Å². The van der Waals surface area contributed by atoms with E-state index >= 15 is 0 Å². The number of carbonyl (C=O) groups is 2. The summed E-state index contributed by atoms with van der Waals surface area (Å²) in [7, 11) is 0. The number of rotatable bonds is 4. The van der Waals surface area contributed by atoms with Gasteiger partial charge in [-0.25, -0.2) is 0 Å². The zero-order valence-corrected chi connectivity index (χ0v) is 14.3. The molecule has 128 valence electrons. The molecule has 4 heteroatoms. The number of hydrogen-bond donors (Lipinski definition) is 2. The lowest BCUT2D eigenvalue weighted by molar-refractivity contribution is -0.127. The monoisotopic (exact) mass is 318 g/mol. The molecule has 3 rings (SSSR count). The average molecular weight is 318 g/mol. The predicted octanol–water partition coefficient (Wildman–Crippen LogP) is 3.22. The summed E-state index contributed by atoms with van der Waals surface area (Å²) in [6, 6.07) is 0.856. The van der Waals surface area contributed by atoms with Crippen LogP contribution in [0.15, 0.2) is 11.3 Å². The lowest BCUT2D eigenvalue weighted by Gasteiger charge is -2.31. The fourth-order valence-corrected chi connectivity index (χ4v) is 4.27. The topological polar surface area (TPSA) is 58.2 Å². The minimum atomic E-state index is 0.190. The van der Waals surface area contributed by atoms with E-state index in [0.29, 0.717) is 18.5 Å². The zero-order valence-electron chi connectivity index (χ0n) is 14.3.